The molecule has 4 nitrogen and oxygen atoms in total. The number of carbonyl (C=O) groups is 1. The number of nitrogens with two attached hydrogens (primary N) is 1. The first-order valence-electron chi connectivity index (χ1n) is 7.02. The van der Waals surface area contributed by atoms with Crippen molar-refractivity contribution >= 4 is 6.09 Å². The second-order valence-electron chi connectivity index (χ2n) is 5.15. The maximum atomic E-state index is 12.2. The van der Waals surface area contributed by atoms with Crippen LogP contribution < -0.4 is 5.73 Å². The molecule has 1 aliphatic rings. The van der Waals surface area contributed by atoms with Crippen LogP contribution in [-0.2, 0) is 4.74 Å². The predicted molar refractivity (Wildman–Crippen MR) is 81.9 cm³/mol. The molecule has 0 spiro atoms. The molecule has 0 saturated heterocycles. The predicted octanol–water partition coefficient (Wildman–Crippen LogP) is 2.78. The second-order valence-corrected chi connectivity index (χ2v) is 5.15. The third-order valence-electron chi connectivity index (χ3n) is 3.77. The first kappa shape index (κ1) is 13.6. The number of hydrogen-bond donors (Lipinski definition) is 1. The van der Waals surface area contributed by atoms with Gasteiger partial charge < -0.3 is 15.4 Å². The molecule has 3 rings (SSSR count). The van der Waals surface area contributed by atoms with Crippen molar-refractivity contribution in [3.8, 4) is 11.1 Å². The average Bonchev–Trinajstić information content (AvgIpc) is 2.82. The van der Waals surface area contributed by atoms with Crippen molar-refractivity contribution in [2.24, 2.45) is 5.73 Å². The molecule has 0 bridgehead atoms. The molecular weight excluding hydrogens is 264 g/mol. The molecule has 1 aliphatic carbocycles. The lowest BCUT2D eigenvalue weighted by Crippen LogP contribution is -2.33. The molecule has 2 N–H and O–H groups in total. The minimum atomic E-state index is -0.350. The number of hydrogen-bond acceptors (Lipinski definition) is 3. The highest BCUT2D eigenvalue weighted by molar-refractivity contribution is 5.79. The molecule has 0 heterocycles. The zero-order chi connectivity index (χ0) is 14.8. The van der Waals surface area contributed by atoms with Crippen molar-refractivity contribution in [3.63, 3.8) is 0 Å². The largest absolute Gasteiger partial charge is 0.436 e. The summed E-state index contributed by atoms with van der Waals surface area (Å²) < 4.78 is 5.71. The standard InChI is InChI=1S/C17H18N2O2/c1-19(11-10-18)17(20)21-16-14-8-4-2-6-12(14)13-7-3-5-9-15(13)16/h2-9,16H,10-11,18H2,1H3. The van der Waals surface area contributed by atoms with Gasteiger partial charge in [-0.25, -0.2) is 4.79 Å². The molecule has 0 saturated carbocycles. The zero-order valence-electron chi connectivity index (χ0n) is 12.0. The SMILES string of the molecule is CN(CCN)C(=O)OC1c2ccccc2-c2ccccc21. The van der Waals surface area contributed by atoms with Gasteiger partial charge in [-0.2, -0.15) is 0 Å². The van der Waals surface area contributed by atoms with E-state index in [1.807, 2.05) is 36.4 Å². The number of likely N-dealkylation sites (N-methyl/N-ethyl adjacent to an activating group) is 1. The van der Waals surface area contributed by atoms with Crippen LogP contribution in [0.5, 0.6) is 0 Å². The van der Waals surface area contributed by atoms with Gasteiger partial charge in [0.25, 0.3) is 0 Å². The van der Waals surface area contributed by atoms with Crippen LogP contribution in [0.25, 0.3) is 11.1 Å². The van der Waals surface area contributed by atoms with E-state index in [1.165, 1.54) is 4.90 Å². The van der Waals surface area contributed by atoms with Gasteiger partial charge in [-0.15, -0.1) is 0 Å². The van der Waals surface area contributed by atoms with Crippen LogP contribution in [-0.4, -0.2) is 31.1 Å². The lowest BCUT2D eigenvalue weighted by molar-refractivity contribution is 0.0870. The van der Waals surface area contributed by atoms with E-state index in [2.05, 4.69) is 12.1 Å². The molecule has 0 unspecified atom stereocenters. The van der Waals surface area contributed by atoms with Crippen LogP contribution in [0, 0.1) is 0 Å². The molecule has 0 radical (unpaired) electrons. The maximum Gasteiger partial charge on any atom is 0.410 e. The first-order chi connectivity index (χ1) is 10.2. The molecule has 108 valence electrons. The van der Waals surface area contributed by atoms with Crippen LogP contribution in [0.2, 0.25) is 0 Å². The second kappa shape index (κ2) is 5.58. The normalized spacial score (nSPS) is 12.7. The Hall–Kier alpha value is -2.33. The van der Waals surface area contributed by atoms with Crippen LogP contribution >= 0.6 is 0 Å². The Balaban J connectivity index is 1.94. The van der Waals surface area contributed by atoms with E-state index in [-0.39, 0.29) is 12.2 Å². The topological polar surface area (TPSA) is 55.6 Å². The maximum absolute atomic E-state index is 12.2. The summed E-state index contributed by atoms with van der Waals surface area (Å²) in [5.74, 6) is 0. The fraction of sp³-hybridized carbons (Fsp3) is 0.235. The quantitative estimate of drug-likeness (QED) is 0.941. The van der Waals surface area contributed by atoms with E-state index in [0.29, 0.717) is 13.1 Å². The minimum Gasteiger partial charge on any atom is -0.436 e. The van der Waals surface area contributed by atoms with Crippen LogP contribution in [0.1, 0.15) is 17.2 Å². The fourth-order valence-electron chi connectivity index (χ4n) is 2.71. The monoisotopic (exact) mass is 282 g/mol. The van der Waals surface area contributed by atoms with Gasteiger partial charge in [0.2, 0.25) is 0 Å². The number of rotatable bonds is 3. The Morgan fingerprint density at radius 2 is 1.62 bits per heavy atom. The van der Waals surface area contributed by atoms with Gasteiger partial charge in [-0.05, 0) is 11.1 Å². The highest BCUT2D eigenvalue weighted by Crippen LogP contribution is 2.45. The molecule has 0 atom stereocenters. The summed E-state index contributed by atoms with van der Waals surface area (Å²) in [6.45, 7) is 0.901. The molecule has 2 aromatic carbocycles. The van der Waals surface area contributed by atoms with Gasteiger partial charge >= 0.3 is 6.09 Å². The average molecular weight is 282 g/mol. The summed E-state index contributed by atoms with van der Waals surface area (Å²) in [4.78, 5) is 13.7. The van der Waals surface area contributed by atoms with E-state index in [0.717, 1.165) is 22.3 Å². The summed E-state index contributed by atoms with van der Waals surface area (Å²) >= 11 is 0. The Labute approximate surface area is 124 Å². The summed E-state index contributed by atoms with van der Waals surface area (Å²) in [6.07, 6.45) is -0.693. The number of carbonyl (C=O) groups excluding carboxylic acids is 1. The van der Waals surface area contributed by atoms with Gasteiger partial charge in [0.05, 0.1) is 0 Å². The summed E-state index contributed by atoms with van der Waals surface area (Å²) in [6, 6.07) is 16.1. The third-order valence-corrected chi connectivity index (χ3v) is 3.77. The van der Waals surface area contributed by atoms with Crippen molar-refractivity contribution in [1.82, 2.24) is 4.90 Å². The molecule has 0 fully saturated rings. The number of amides is 1. The van der Waals surface area contributed by atoms with Crippen LogP contribution in [0.15, 0.2) is 48.5 Å². The molecule has 0 aromatic heterocycles. The number of ether oxygens (including phenoxy) is 1. The van der Waals surface area contributed by atoms with Gasteiger partial charge in [0.15, 0.2) is 6.10 Å². The smallest absolute Gasteiger partial charge is 0.410 e. The Morgan fingerprint density at radius 1 is 1.10 bits per heavy atom. The molecule has 4 heteroatoms. The lowest BCUT2D eigenvalue weighted by Gasteiger charge is -2.20. The Bertz CT molecular complexity index is 624. The molecule has 0 aliphatic heterocycles. The van der Waals surface area contributed by atoms with Crippen LogP contribution in [0.4, 0.5) is 4.79 Å². The highest BCUT2D eigenvalue weighted by atomic mass is 16.6. The van der Waals surface area contributed by atoms with Crippen molar-refractivity contribution in [2.75, 3.05) is 20.1 Å². The number of fused-ring (bicyclic) bond motifs is 3. The number of benzene rings is 2. The Kier molecular flexibility index (Phi) is 3.62. The van der Waals surface area contributed by atoms with E-state index in [1.54, 1.807) is 7.05 Å². The molecule has 1 amide bonds. The zero-order valence-corrected chi connectivity index (χ0v) is 12.0. The molecular formula is C17H18N2O2. The van der Waals surface area contributed by atoms with Gasteiger partial charge in [0, 0.05) is 31.3 Å². The summed E-state index contributed by atoms with van der Waals surface area (Å²) in [5.41, 5.74) is 9.81. The van der Waals surface area contributed by atoms with Crippen molar-refractivity contribution < 1.29 is 9.53 Å². The Morgan fingerprint density at radius 3 is 2.14 bits per heavy atom. The van der Waals surface area contributed by atoms with E-state index in [4.69, 9.17) is 10.5 Å². The molecule has 21 heavy (non-hydrogen) atoms. The van der Waals surface area contributed by atoms with E-state index in [9.17, 15) is 4.79 Å². The third kappa shape index (κ3) is 2.38. The van der Waals surface area contributed by atoms with Crippen molar-refractivity contribution in [1.29, 1.82) is 0 Å². The van der Waals surface area contributed by atoms with Gasteiger partial charge in [0.1, 0.15) is 0 Å². The minimum absolute atomic E-state index is 0.342. The van der Waals surface area contributed by atoms with Gasteiger partial charge in [-0.3, -0.25) is 0 Å². The number of nitrogens with zero attached hydrogens (tertiary/aromatic N) is 1. The molecule has 2 aromatic rings. The summed E-state index contributed by atoms with van der Waals surface area (Å²) in [7, 11) is 1.70. The first-order valence-corrected chi connectivity index (χ1v) is 7.02. The van der Waals surface area contributed by atoms with E-state index >= 15 is 0 Å². The lowest BCUT2D eigenvalue weighted by atomic mass is 10.1. The fourth-order valence-corrected chi connectivity index (χ4v) is 2.71. The van der Waals surface area contributed by atoms with Crippen molar-refractivity contribution in [3.05, 3.63) is 59.7 Å². The van der Waals surface area contributed by atoms with Crippen LogP contribution in [0.3, 0.4) is 0 Å². The highest BCUT2D eigenvalue weighted by Gasteiger charge is 2.31. The summed E-state index contributed by atoms with van der Waals surface area (Å²) in [5, 5.41) is 0. The van der Waals surface area contributed by atoms with Gasteiger partial charge in [-0.1, -0.05) is 48.5 Å². The van der Waals surface area contributed by atoms with Crippen molar-refractivity contribution in [2.45, 2.75) is 6.10 Å². The van der Waals surface area contributed by atoms with E-state index < -0.39 is 0 Å².